The van der Waals surface area contributed by atoms with Crippen molar-refractivity contribution in [1.29, 1.82) is 0 Å². The molecule has 0 radical (unpaired) electrons. The Hall–Kier alpha value is -4.39. The van der Waals surface area contributed by atoms with Crippen molar-refractivity contribution in [2.75, 3.05) is 11.9 Å². The summed E-state index contributed by atoms with van der Waals surface area (Å²) in [5.41, 5.74) is 6.34. The smallest absolute Gasteiger partial charge is 0.411 e. The number of amides is 1. The Morgan fingerprint density at radius 3 is 2.19 bits per heavy atom. The number of aromatic nitrogens is 2. The molecule has 0 bridgehead atoms. The summed E-state index contributed by atoms with van der Waals surface area (Å²) >= 11 is 0. The lowest BCUT2D eigenvalue weighted by atomic mass is 9.98. The Balaban J connectivity index is 1.26. The molecule has 3 N–H and O–H groups in total. The number of ether oxygens (including phenoxy) is 1. The van der Waals surface area contributed by atoms with E-state index in [0.29, 0.717) is 16.9 Å². The molecular formula is C25H19N3O4. The average molecular weight is 425 g/mol. The molecule has 0 aliphatic heterocycles. The van der Waals surface area contributed by atoms with Gasteiger partial charge in [-0.25, -0.2) is 9.59 Å². The summed E-state index contributed by atoms with van der Waals surface area (Å²) in [6.45, 7) is 0.230. The highest BCUT2D eigenvalue weighted by molar-refractivity contribution is 5.94. The van der Waals surface area contributed by atoms with Gasteiger partial charge in [-0.2, -0.15) is 5.10 Å². The van der Waals surface area contributed by atoms with Crippen LogP contribution in [0.15, 0.2) is 79.0 Å². The van der Waals surface area contributed by atoms with Crippen molar-refractivity contribution in [3.8, 4) is 22.4 Å². The summed E-state index contributed by atoms with van der Waals surface area (Å²) in [5, 5.41) is 18.4. The molecule has 5 rings (SSSR count). The molecule has 158 valence electrons. The van der Waals surface area contributed by atoms with Gasteiger partial charge in [-0.15, -0.1) is 0 Å². The lowest BCUT2D eigenvalue weighted by Gasteiger charge is -2.14. The van der Waals surface area contributed by atoms with Crippen LogP contribution in [0.25, 0.3) is 22.4 Å². The molecule has 0 fully saturated rings. The van der Waals surface area contributed by atoms with Gasteiger partial charge in [0.25, 0.3) is 0 Å². The van der Waals surface area contributed by atoms with Crippen LogP contribution in [-0.4, -0.2) is 34.0 Å². The van der Waals surface area contributed by atoms with Crippen LogP contribution in [0.3, 0.4) is 0 Å². The van der Waals surface area contributed by atoms with E-state index >= 15 is 0 Å². The standard InChI is InChI=1S/C25H19N3O4/c29-24(30)21-13-26-28-23(21)15-9-11-16(12-10-15)27-25(31)32-14-22-19-7-3-1-5-17(19)18-6-2-4-8-20(18)22/h1-13,22H,14H2,(H,26,28)(H,27,31)(H,29,30). The summed E-state index contributed by atoms with van der Waals surface area (Å²) < 4.78 is 5.55. The first-order chi connectivity index (χ1) is 15.6. The number of carboxylic acids is 1. The molecule has 0 unspecified atom stereocenters. The van der Waals surface area contributed by atoms with Gasteiger partial charge in [0.1, 0.15) is 12.2 Å². The number of benzene rings is 3. The van der Waals surface area contributed by atoms with Crippen LogP contribution in [0.2, 0.25) is 0 Å². The molecule has 0 saturated heterocycles. The van der Waals surface area contributed by atoms with Crippen LogP contribution in [0.1, 0.15) is 27.4 Å². The average Bonchev–Trinajstić information content (AvgIpc) is 3.42. The first-order valence-electron chi connectivity index (χ1n) is 10.1. The zero-order valence-electron chi connectivity index (χ0n) is 16.9. The fraction of sp³-hybridized carbons (Fsp3) is 0.0800. The number of H-pyrrole nitrogens is 1. The van der Waals surface area contributed by atoms with Crippen LogP contribution in [0.5, 0.6) is 0 Å². The topological polar surface area (TPSA) is 104 Å². The van der Waals surface area contributed by atoms with Gasteiger partial charge in [-0.1, -0.05) is 60.7 Å². The molecule has 1 heterocycles. The molecule has 32 heavy (non-hydrogen) atoms. The van der Waals surface area contributed by atoms with Gasteiger partial charge < -0.3 is 9.84 Å². The number of hydrogen-bond acceptors (Lipinski definition) is 4. The maximum Gasteiger partial charge on any atom is 0.411 e. The van der Waals surface area contributed by atoms with Gasteiger partial charge in [0.2, 0.25) is 0 Å². The highest BCUT2D eigenvalue weighted by Gasteiger charge is 2.29. The van der Waals surface area contributed by atoms with Gasteiger partial charge in [0.15, 0.2) is 0 Å². The van der Waals surface area contributed by atoms with Gasteiger partial charge in [0, 0.05) is 17.2 Å². The van der Waals surface area contributed by atoms with E-state index in [4.69, 9.17) is 4.74 Å². The zero-order valence-corrected chi connectivity index (χ0v) is 16.9. The third kappa shape index (κ3) is 3.50. The number of rotatable bonds is 5. The van der Waals surface area contributed by atoms with Crippen LogP contribution < -0.4 is 5.32 Å². The molecule has 0 spiro atoms. The van der Waals surface area contributed by atoms with Crippen molar-refractivity contribution < 1.29 is 19.4 Å². The Labute approximate surface area is 183 Å². The van der Waals surface area contributed by atoms with Crippen molar-refractivity contribution in [2.45, 2.75) is 5.92 Å². The van der Waals surface area contributed by atoms with E-state index in [-0.39, 0.29) is 18.1 Å². The normalized spacial score (nSPS) is 12.1. The fourth-order valence-electron chi connectivity index (χ4n) is 4.14. The minimum absolute atomic E-state index is 0.00894. The van der Waals surface area contributed by atoms with Crippen molar-refractivity contribution in [1.82, 2.24) is 10.2 Å². The van der Waals surface area contributed by atoms with E-state index in [1.165, 1.54) is 17.3 Å². The minimum atomic E-state index is -1.06. The van der Waals surface area contributed by atoms with Gasteiger partial charge in [-0.3, -0.25) is 10.4 Å². The Kier molecular flexibility index (Phi) is 4.91. The van der Waals surface area contributed by atoms with Crippen molar-refractivity contribution in [3.05, 3.63) is 95.7 Å². The molecule has 0 saturated carbocycles. The number of fused-ring (bicyclic) bond motifs is 3. The van der Waals surface area contributed by atoms with E-state index in [1.807, 2.05) is 24.3 Å². The van der Waals surface area contributed by atoms with Crippen LogP contribution in [-0.2, 0) is 4.74 Å². The summed E-state index contributed by atoms with van der Waals surface area (Å²) in [7, 11) is 0. The number of hydrogen-bond donors (Lipinski definition) is 3. The summed E-state index contributed by atoms with van der Waals surface area (Å²) in [4.78, 5) is 23.7. The molecule has 3 aromatic carbocycles. The molecule has 7 nitrogen and oxygen atoms in total. The lowest BCUT2D eigenvalue weighted by molar-refractivity contribution is 0.0697. The van der Waals surface area contributed by atoms with Gasteiger partial charge in [0.05, 0.1) is 11.9 Å². The SMILES string of the molecule is O=C(Nc1ccc(-c2[nH]ncc2C(=O)O)cc1)OCC1c2ccccc2-c2ccccc21. The highest BCUT2D eigenvalue weighted by atomic mass is 16.5. The second-order valence-electron chi connectivity index (χ2n) is 7.49. The van der Waals surface area contributed by atoms with E-state index in [0.717, 1.165) is 11.1 Å². The van der Waals surface area contributed by atoms with Crippen molar-refractivity contribution in [2.24, 2.45) is 0 Å². The number of carbonyl (C=O) groups excluding carboxylic acids is 1. The maximum absolute atomic E-state index is 12.4. The van der Waals surface area contributed by atoms with Gasteiger partial charge >= 0.3 is 12.1 Å². The van der Waals surface area contributed by atoms with Gasteiger partial charge in [-0.05, 0) is 34.4 Å². The summed E-state index contributed by atoms with van der Waals surface area (Å²) in [6.07, 6.45) is 0.716. The molecule has 1 aliphatic rings. The molecule has 7 heteroatoms. The number of anilines is 1. The molecule has 1 amide bonds. The number of carboxylic acid groups (broad SMARTS) is 1. The number of aromatic carboxylic acids is 1. The Morgan fingerprint density at radius 1 is 0.938 bits per heavy atom. The predicted molar refractivity (Wildman–Crippen MR) is 120 cm³/mol. The predicted octanol–water partition coefficient (Wildman–Crippen LogP) is 5.14. The second kappa shape index (κ2) is 8.03. The second-order valence-corrected chi connectivity index (χ2v) is 7.49. The molecule has 1 aromatic heterocycles. The molecule has 4 aromatic rings. The minimum Gasteiger partial charge on any atom is -0.478 e. The highest BCUT2D eigenvalue weighted by Crippen LogP contribution is 2.44. The van der Waals surface area contributed by atoms with E-state index in [1.54, 1.807) is 24.3 Å². The summed E-state index contributed by atoms with van der Waals surface area (Å²) in [5.74, 6) is -1.07. The molecule has 0 atom stereocenters. The van der Waals surface area contributed by atoms with E-state index < -0.39 is 12.1 Å². The van der Waals surface area contributed by atoms with E-state index in [9.17, 15) is 14.7 Å². The van der Waals surface area contributed by atoms with Crippen LogP contribution in [0, 0.1) is 0 Å². The van der Waals surface area contributed by atoms with Crippen LogP contribution in [0.4, 0.5) is 10.5 Å². The first kappa shape index (κ1) is 19.6. The fourth-order valence-corrected chi connectivity index (χ4v) is 4.14. The Bertz CT molecular complexity index is 1270. The zero-order chi connectivity index (χ0) is 22.1. The first-order valence-corrected chi connectivity index (χ1v) is 10.1. The molecule has 1 aliphatic carbocycles. The number of aromatic amines is 1. The lowest BCUT2D eigenvalue weighted by Crippen LogP contribution is -2.17. The van der Waals surface area contributed by atoms with Crippen molar-refractivity contribution >= 4 is 17.7 Å². The largest absolute Gasteiger partial charge is 0.478 e. The number of nitrogens with one attached hydrogen (secondary N) is 2. The van der Waals surface area contributed by atoms with Crippen molar-refractivity contribution in [3.63, 3.8) is 0 Å². The third-order valence-corrected chi connectivity index (χ3v) is 5.63. The maximum atomic E-state index is 12.4. The summed E-state index contributed by atoms with van der Waals surface area (Å²) in [6, 6.07) is 23.1. The molecular weight excluding hydrogens is 406 g/mol. The number of carbonyl (C=O) groups is 2. The quantitative estimate of drug-likeness (QED) is 0.411. The Morgan fingerprint density at radius 2 is 1.56 bits per heavy atom. The third-order valence-electron chi connectivity index (χ3n) is 5.63. The monoisotopic (exact) mass is 425 g/mol. The van der Waals surface area contributed by atoms with Crippen LogP contribution >= 0.6 is 0 Å². The number of nitrogens with zero attached hydrogens (tertiary/aromatic N) is 1. The van der Waals surface area contributed by atoms with E-state index in [2.05, 4.69) is 39.8 Å².